The minimum Gasteiger partial charge on any atom is -0.325 e. The Bertz CT molecular complexity index is 458. The number of nitrogens with two attached hydrogens (primary N) is 1. The maximum Gasteiger partial charge on any atom is 0.174 e. The minimum atomic E-state index is 0.392. The van der Waals surface area contributed by atoms with E-state index in [0.29, 0.717) is 12.4 Å². The maximum absolute atomic E-state index is 5.44. The van der Waals surface area contributed by atoms with Crippen LogP contribution in [0, 0.1) is 13.8 Å². The lowest BCUT2D eigenvalue weighted by atomic mass is 10.4. The lowest BCUT2D eigenvalue weighted by molar-refractivity contribution is 0.789. The molecule has 6 nitrogen and oxygen atoms in total. The number of hydrogen-bond acceptors (Lipinski definition) is 5. The van der Waals surface area contributed by atoms with E-state index < -0.39 is 0 Å². The summed E-state index contributed by atoms with van der Waals surface area (Å²) in [5, 5.41) is 4.21. The van der Waals surface area contributed by atoms with E-state index >= 15 is 0 Å². The highest BCUT2D eigenvalue weighted by molar-refractivity contribution is 5.19. The molecular weight excluding hydrogens is 192 g/mol. The molecule has 0 saturated carbocycles. The third-order valence-corrected chi connectivity index (χ3v) is 1.99. The van der Waals surface area contributed by atoms with Gasteiger partial charge in [-0.2, -0.15) is 4.68 Å². The van der Waals surface area contributed by atoms with Gasteiger partial charge in [-0.1, -0.05) is 0 Å². The Labute approximate surface area is 87.2 Å². The van der Waals surface area contributed by atoms with Gasteiger partial charge in [0.1, 0.15) is 11.6 Å². The fraction of sp³-hybridized carbons (Fsp3) is 0.333. The lowest BCUT2D eigenvalue weighted by Crippen LogP contribution is -2.06. The normalized spacial score (nSPS) is 10.6. The van der Waals surface area contributed by atoms with Gasteiger partial charge < -0.3 is 5.73 Å². The second-order valence-corrected chi connectivity index (χ2v) is 3.19. The second kappa shape index (κ2) is 3.74. The van der Waals surface area contributed by atoms with Crippen molar-refractivity contribution >= 4 is 0 Å². The van der Waals surface area contributed by atoms with Gasteiger partial charge in [0.15, 0.2) is 5.82 Å². The number of hydrogen-bond donors (Lipinski definition) is 1. The second-order valence-electron chi connectivity index (χ2n) is 3.19. The highest BCUT2D eigenvalue weighted by Gasteiger charge is 2.06. The van der Waals surface area contributed by atoms with E-state index in [1.807, 2.05) is 13.8 Å². The molecule has 2 N–H and O–H groups in total. The Kier molecular flexibility index (Phi) is 2.42. The predicted octanol–water partition coefficient (Wildman–Crippen LogP) is 0.133. The summed E-state index contributed by atoms with van der Waals surface area (Å²) in [6, 6.07) is 0. The Morgan fingerprint density at radius 3 is 2.53 bits per heavy atom. The molecule has 78 valence electrons. The Balaban J connectivity index is 2.41. The molecule has 0 fully saturated rings. The summed E-state index contributed by atoms with van der Waals surface area (Å²) in [5.74, 6) is 2.17. The van der Waals surface area contributed by atoms with Gasteiger partial charge in [-0.15, -0.1) is 5.10 Å². The molecule has 0 unspecified atom stereocenters. The first-order valence-electron chi connectivity index (χ1n) is 4.62. The zero-order chi connectivity index (χ0) is 10.8. The van der Waals surface area contributed by atoms with Gasteiger partial charge in [0.25, 0.3) is 0 Å². The summed E-state index contributed by atoms with van der Waals surface area (Å²) in [6.45, 7) is 4.10. The molecule has 0 bridgehead atoms. The van der Waals surface area contributed by atoms with E-state index in [1.54, 1.807) is 17.1 Å². The zero-order valence-corrected chi connectivity index (χ0v) is 8.68. The molecule has 2 aromatic rings. The molecule has 2 aromatic heterocycles. The first-order chi connectivity index (χ1) is 7.20. The standard InChI is InChI=1S/C9H12N6/c1-6-13-7(2)15(14-6)9-5-11-8(3-10)4-12-9/h4-5H,3,10H2,1-2H3. The van der Waals surface area contributed by atoms with Crippen LogP contribution in [0.3, 0.4) is 0 Å². The smallest absolute Gasteiger partial charge is 0.174 e. The summed E-state index contributed by atoms with van der Waals surface area (Å²) in [4.78, 5) is 12.5. The topological polar surface area (TPSA) is 82.5 Å². The molecule has 0 amide bonds. The number of nitrogens with zero attached hydrogens (tertiary/aromatic N) is 5. The monoisotopic (exact) mass is 204 g/mol. The fourth-order valence-corrected chi connectivity index (χ4v) is 1.30. The van der Waals surface area contributed by atoms with Crippen LogP contribution in [-0.2, 0) is 6.54 Å². The largest absolute Gasteiger partial charge is 0.325 e. The van der Waals surface area contributed by atoms with Crippen LogP contribution in [-0.4, -0.2) is 24.7 Å². The van der Waals surface area contributed by atoms with Gasteiger partial charge in [-0.25, -0.2) is 9.97 Å². The summed E-state index contributed by atoms with van der Waals surface area (Å²) >= 11 is 0. The lowest BCUT2D eigenvalue weighted by Gasteiger charge is -2.01. The van der Waals surface area contributed by atoms with Crippen LogP contribution in [0.25, 0.3) is 5.82 Å². The van der Waals surface area contributed by atoms with Crippen LogP contribution >= 0.6 is 0 Å². The zero-order valence-electron chi connectivity index (χ0n) is 8.68. The van der Waals surface area contributed by atoms with E-state index in [-0.39, 0.29) is 0 Å². The Hall–Kier alpha value is -1.82. The van der Waals surface area contributed by atoms with E-state index in [2.05, 4.69) is 20.1 Å². The minimum absolute atomic E-state index is 0.392. The van der Waals surface area contributed by atoms with Crippen molar-refractivity contribution in [3.63, 3.8) is 0 Å². The van der Waals surface area contributed by atoms with Crippen LogP contribution in [0.15, 0.2) is 12.4 Å². The molecule has 6 heteroatoms. The van der Waals surface area contributed by atoms with Crippen molar-refractivity contribution < 1.29 is 0 Å². The van der Waals surface area contributed by atoms with Crippen LogP contribution < -0.4 is 5.73 Å². The molecule has 2 heterocycles. The molecule has 2 rings (SSSR count). The number of aryl methyl sites for hydroxylation is 2. The van der Waals surface area contributed by atoms with Crippen molar-refractivity contribution in [1.29, 1.82) is 0 Å². The van der Waals surface area contributed by atoms with Gasteiger partial charge in [0.05, 0.1) is 18.1 Å². The average molecular weight is 204 g/mol. The summed E-state index contributed by atoms with van der Waals surface area (Å²) in [7, 11) is 0. The first-order valence-corrected chi connectivity index (χ1v) is 4.62. The number of rotatable bonds is 2. The van der Waals surface area contributed by atoms with Crippen molar-refractivity contribution in [3.8, 4) is 5.82 Å². The molecule has 0 aliphatic rings. The van der Waals surface area contributed by atoms with Gasteiger partial charge >= 0.3 is 0 Å². The molecule has 0 saturated heterocycles. The highest BCUT2D eigenvalue weighted by Crippen LogP contribution is 2.04. The van der Waals surface area contributed by atoms with Crippen molar-refractivity contribution in [1.82, 2.24) is 24.7 Å². The third-order valence-electron chi connectivity index (χ3n) is 1.99. The highest BCUT2D eigenvalue weighted by atomic mass is 15.4. The van der Waals surface area contributed by atoms with Gasteiger partial charge in [-0.3, -0.25) is 4.98 Å². The van der Waals surface area contributed by atoms with Gasteiger partial charge in [0.2, 0.25) is 0 Å². The van der Waals surface area contributed by atoms with Crippen LogP contribution in [0.2, 0.25) is 0 Å². The molecule has 0 aliphatic carbocycles. The van der Waals surface area contributed by atoms with Crippen LogP contribution in [0.5, 0.6) is 0 Å². The first kappa shape index (κ1) is 9.72. The molecule has 0 aliphatic heterocycles. The SMILES string of the molecule is Cc1nc(C)n(-c2cnc(CN)cn2)n1. The molecule has 0 aromatic carbocycles. The maximum atomic E-state index is 5.44. The predicted molar refractivity (Wildman–Crippen MR) is 54.3 cm³/mol. The molecular formula is C9H12N6. The quantitative estimate of drug-likeness (QED) is 0.752. The van der Waals surface area contributed by atoms with E-state index in [1.165, 1.54) is 0 Å². The van der Waals surface area contributed by atoms with Crippen molar-refractivity contribution in [2.45, 2.75) is 20.4 Å². The fourth-order valence-electron chi connectivity index (χ4n) is 1.30. The summed E-state index contributed by atoms with van der Waals surface area (Å²) in [5.41, 5.74) is 6.19. The molecule has 15 heavy (non-hydrogen) atoms. The average Bonchev–Trinajstić information content (AvgIpc) is 2.58. The summed E-state index contributed by atoms with van der Waals surface area (Å²) < 4.78 is 1.66. The van der Waals surface area contributed by atoms with Gasteiger partial charge in [0, 0.05) is 6.54 Å². The Morgan fingerprint density at radius 1 is 1.27 bits per heavy atom. The molecule has 0 radical (unpaired) electrons. The van der Waals surface area contributed by atoms with Crippen molar-refractivity contribution in [3.05, 3.63) is 29.7 Å². The van der Waals surface area contributed by atoms with E-state index in [9.17, 15) is 0 Å². The summed E-state index contributed by atoms with van der Waals surface area (Å²) in [6.07, 6.45) is 3.29. The molecule has 0 spiro atoms. The van der Waals surface area contributed by atoms with E-state index in [4.69, 9.17) is 5.73 Å². The molecule has 0 atom stereocenters. The van der Waals surface area contributed by atoms with Crippen molar-refractivity contribution in [2.75, 3.05) is 0 Å². The van der Waals surface area contributed by atoms with E-state index in [0.717, 1.165) is 17.3 Å². The third kappa shape index (κ3) is 1.84. The number of aromatic nitrogens is 5. The van der Waals surface area contributed by atoms with Gasteiger partial charge in [-0.05, 0) is 13.8 Å². The Morgan fingerprint density at radius 2 is 2.07 bits per heavy atom. The van der Waals surface area contributed by atoms with Crippen LogP contribution in [0.1, 0.15) is 17.3 Å². The van der Waals surface area contributed by atoms with Crippen molar-refractivity contribution in [2.24, 2.45) is 5.73 Å². The van der Waals surface area contributed by atoms with Crippen LogP contribution in [0.4, 0.5) is 0 Å².